The molecule has 0 bridgehead atoms. The lowest BCUT2D eigenvalue weighted by Gasteiger charge is -2.21. The highest BCUT2D eigenvalue weighted by Gasteiger charge is 2.28. The van der Waals surface area contributed by atoms with Crippen LogP contribution in [0.4, 0.5) is 0 Å². The molecule has 0 unspecified atom stereocenters. The van der Waals surface area contributed by atoms with Gasteiger partial charge in [-0.25, -0.2) is 4.98 Å². The fourth-order valence-electron chi connectivity index (χ4n) is 2.95. The van der Waals surface area contributed by atoms with Gasteiger partial charge in [0.1, 0.15) is 0 Å². The number of carbonyl (C=O) groups is 1. The van der Waals surface area contributed by atoms with Crippen molar-refractivity contribution in [3.05, 3.63) is 38.5 Å². The number of carbonyl (C=O) groups excluding carboxylic acids is 1. The first kappa shape index (κ1) is 15.6. The molecule has 3 heterocycles. The normalized spacial score (nSPS) is 18.3. The van der Waals surface area contributed by atoms with E-state index in [1.807, 2.05) is 27.9 Å². The van der Waals surface area contributed by atoms with Crippen LogP contribution in [0.25, 0.3) is 0 Å². The van der Waals surface area contributed by atoms with Crippen LogP contribution in [0.5, 0.6) is 0 Å². The summed E-state index contributed by atoms with van der Waals surface area (Å²) in [6.45, 7) is 5.81. The van der Waals surface area contributed by atoms with E-state index >= 15 is 0 Å². The molecule has 0 N–H and O–H groups in total. The molecule has 0 aromatic carbocycles. The van der Waals surface area contributed by atoms with Crippen molar-refractivity contribution < 1.29 is 4.79 Å². The number of aryl methyl sites for hydroxylation is 1. The molecule has 2 aromatic heterocycles. The summed E-state index contributed by atoms with van der Waals surface area (Å²) < 4.78 is 0. The van der Waals surface area contributed by atoms with Gasteiger partial charge in [0.25, 0.3) is 5.91 Å². The van der Waals surface area contributed by atoms with Crippen molar-refractivity contribution >= 4 is 28.6 Å². The number of thiophene rings is 1. The Morgan fingerprint density at radius 3 is 3.05 bits per heavy atom. The molecule has 0 aliphatic carbocycles. The van der Waals surface area contributed by atoms with Crippen molar-refractivity contribution in [2.24, 2.45) is 5.92 Å². The first-order chi connectivity index (χ1) is 10.6. The molecule has 0 radical (unpaired) electrons. The Labute approximate surface area is 139 Å². The van der Waals surface area contributed by atoms with Crippen LogP contribution in [0.1, 0.15) is 26.7 Å². The number of likely N-dealkylation sites (tertiary alicyclic amines) is 1. The molecule has 1 atom stereocenters. The van der Waals surface area contributed by atoms with E-state index in [-0.39, 0.29) is 5.91 Å². The zero-order valence-corrected chi connectivity index (χ0v) is 14.6. The van der Waals surface area contributed by atoms with Crippen molar-refractivity contribution in [2.45, 2.75) is 19.9 Å². The van der Waals surface area contributed by atoms with Gasteiger partial charge < -0.3 is 9.80 Å². The highest BCUT2D eigenvalue weighted by atomic mass is 32.1. The third-order valence-corrected chi connectivity index (χ3v) is 5.91. The minimum Gasteiger partial charge on any atom is -0.338 e. The Balaban J connectivity index is 1.50. The van der Waals surface area contributed by atoms with Crippen LogP contribution < -0.4 is 0 Å². The van der Waals surface area contributed by atoms with Crippen LogP contribution >= 0.6 is 22.7 Å². The summed E-state index contributed by atoms with van der Waals surface area (Å²) in [4.78, 5) is 23.2. The smallest absolute Gasteiger partial charge is 0.263 e. The van der Waals surface area contributed by atoms with Crippen LogP contribution in [0.15, 0.2) is 23.0 Å². The summed E-state index contributed by atoms with van der Waals surface area (Å²) >= 11 is 3.25. The Kier molecular flexibility index (Phi) is 4.90. The second kappa shape index (κ2) is 6.89. The highest BCUT2D eigenvalue weighted by molar-refractivity contribution is 7.12. The maximum atomic E-state index is 12.4. The summed E-state index contributed by atoms with van der Waals surface area (Å²) in [6.07, 6.45) is 1.10. The van der Waals surface area contributed by atoms with E-state index in [9.17, 15) is 4.79 Å². The van der Waals surface area contributed by atoms with Gasteiger partial charge in [-0.3, -0.25) is 4.79 Å². The Bertz CT molecular complexity index is 623. The SMILES string of the molecule is Cc1ncsc1CN(C)C[C@@H]1CCN(C(=O)c2cccs2)C1. The van der Waals surface area contributed by atoms with Crippen LogP contribution in [0.2, 0.25) is 0 Å². The zero-order chi connectivity index (χ0) is 15.5. The van der Waals surface area contributed by atoms with E-state index in [4.69, 9.17) is 0 Å². The lowest BCUT2D eigenvalue weighted by Crippen LogP contribution is -2.31. The van der Waals surface area contributed by atoms with Gasteiger partial charge in [-0.2, -0.15) is 0 Å². The minimum absolute atomic E-state index is 0.193. The Morgan fingerprint density at radius 2 is 2.36 bits per heavy atom. The first-order valence-electron chi connectivity index (χ1n) is 7.53. The van der Waals surface area contributed by atoms with E-state index in [1.165, 1.54) is 16.2 Å². The van der Waals surface area contributed by atoms with Gasteiger partial charge in [-0.1, -0.05) is 6.07 Å². The third kappa shape index (κ3) is 3.56. The standard InChI is InChI=1S/C16H21N3OS2/c1-12-15(22-11-17-12)10-18(2)8-13-5-6-19(9-13)16(20)14-4-3-7-21-14/h3-4,7,11,13H,5-6,8-10H2,1-2H3/t13-/m0/s1. The van der Waals surface area contributed by atoms with Crippen LogP contribution in [-0.4, -0.2) is 47.4 Å². The minimum atomic E-state index is 0.193. The highest BCUT2D eigenvalue weighted by Crippen LogP contribution is 2.22. The average molecular weight is 335 g/mol. The van der Waals surface area contributed by atoms with Crippen molar-refractivity contribution in [3.8, 4) is 0 Å². The molecule has 0 saturated carbocycles. The van der Waals surface area contributed by atoms with Gasteiger partial charge in [-0.05, 0) is 37.8 Å². The maximum absolute atomic E-state index is 12.4. The summed E-state index contributed by atoms with van der Waals surface area (Å²) in [5.41, 5.74) is 3.05. The van der Waals surface area contributed by atoms with Crippen molar-refractivity contribution in [3.63, 3.8) is 0 Å². The summed E-state index contributed by atoms with van der Waals surface area (Å²) in [5, 5.41) is 1.96. The number of amides is 1. The molecule has 1 aliphatic rings. The Hall–Kier alpha value is -1.24. The largest absolute Gasteiger partial charge is 0.338 e. The third-order valence-electron chi connectivity index (χ3n) is 4.13. The number of thiazole rings is 1. The molecule has 1 fully saturated rings. The van der Waals surface area contributed by atoms with E-state index in [0.717, 1.165) is 43.2 Å². The second-order valence-corrected chi connectivity index (χ2v) is 7.83. The molecule has 1 amide bonds. The number of hydrogen-bond donors (Lipinski definition) is 0. The summed E-state index contributed by atoms with van der Waals surface area (Å²) in [5.74, 6) is 0.764. The molecule has 118 valence electrons. The van der Waals surface area contributed by atoms with Gasteiger partial charge in [0.2, 0.25) is 0 Å². The fraction of sp³-hybridized carbons (Fsp3) is 0.500. The van der Waals surface area contributed by atoms with Gasteiger partial charge in [0.15, 0.2) is 0 Å². The zero-order valence-electron chi connectivity index (χ0n) is 13.0. The van der Waals surface area contributed by atoms with Gasteiger partial charge in [0.05, 0.1) is 16.1 Å². The van der Waals surface area contributed by atoms with Gasteiger partial charge in [0, 0.05) is 31.1 Å². The molecular formula is C16H21N3OS2. The summed E-state index contributed by atoms with van der Waals surface area (Å²) in [7, 11) is 2.16. The molecule has 3 rings (SSSR count). The lowest BCUT2D eigenvalue weighted by atomic mass is 10.1. The molecule has 1 aliphatic heterocycles. The van der Waals surface area contributed by atoms with E-state index in [1.54, 1.807) is 11.3 Å². The number of nitrogens with zero attached hydrogens (tertiary/aromatic N) is 3. The molecular weight excluding hydrogens is 314 g/mol. The predicted octanol–water partition coefficient (Wildman–Crippen LogP) is 3.11. The van der Waals surface area contributed by atoms with Crippen LogP contribution in [0.3, 0.4) is 0 Å². The molecule has 1 saturated heterocycles. The number of hydrogen-bond acceptors (Lipinski definition) is 5. The molecule has 2 aromatic rings. The Morgan fingerprint density at radius 1 is 1.50 bits per heavy atom. The van der Waals surface area contributed by atoms with Crippen LogP contribution in [0, 0.1) is 12.8 Å². The first-order valence-corrected chi connectivity index (χ1v) is 9.29. The van der Waals surface area contributed by atoms with Crippen LogP contribution in [-0.2, 0) is 6.54 Å². The number of rotatable bonds is 5. The van der Waals surface area contributed by atoms with Crippen molar-refractivity contribution in [1.29, 1.82) is 0 Å². The van der Waals surface area contributed by atoms with Gasteiger partial charge in [-0.15, -0.1) is 22.7 Å². The van der Waals surface area contributed by atoms with E-state index in [2.05, 4.69) is 23.9 Å². The number of aromatic nitrogens is 1. The topological polar surface area (TPSA) is 36.4 Å². The average Bonchev–Trinajstić information content (AvgIpc) is 3.21. The lowest BCUT2D eigenvalue weighted by molar-refractivity contribution is 0.0789. The monoisotopic (exact) mass is 335 g/mol. The maximum Gasteiger partial charge on any atom is 0.263 e. The fourth-order valence-corrected chi connectivity index (χ4v) is 4.50. The van der Waals surface area contributed by atoms with Crippen molar-refractivity contribution in [1.82, 2.24) is 14.8 Å². The molecule has 22 heavy (non-hydrogen) atoms. The van der Waals surface area contributed by atoms with Crippen molar-refractivity contribution in [2.75, 3.05) is 26.7 Å². The predicted molar refractivity (Wildman–Crippen MR) is 91.5 cm³/mol. The van der Waals surface area contributed by atoms with E-state index < -0.39 is 0 Å². The quantitative estimate of drug-likeness (QED) is 0.842. The molecule has 6 heteroatoms. The molecule has 0 spiro atoms. The molecule has 4 nitrogen and oxygen atoms in total. The summed E-state index contributed by atoms with van der Waals surface area (Å²) in [6, 6.07) is 3.86. The van der Waals surface area contributed by atoms with E-state index in [0.29, 0.717) is 5.92 Å². The second-order valence-electron chi connectivity index (χ2n) is 5.94. The van der Waals surface area contributed by atoms with Gasteiger partial charge >= 0.3 is 0 Å².